The van der Waals surface area contributed by atoms with Crippen LogP contribution in [0.1, 0.15) is 40.4 Å². The summed E-state index contributed by atoms with van der Waals surface area (Å²) in [7, 11) is 1.39. The average Bonchev–Trinajstić information content (AvgIpc) is 2.78. The van der Waals surface area contributed by atoms with Crippen molar-refractivity contribution in [2.24, 2.45) is 0 Å². The Hall–Kier alpha value is -3.18. The molecule has 154 valence electrons. The summed E-state index contributed by atoms with van der Waals surface area (Å²) in [5.74, 6) is -0.312. The van der Waals surface area contributed by atoms with Crippen molar-refractivity contribution in [1.29, 1.82) is 0 Å². The number of methoxy groups -OCH3 is 1. The van der Waals surface area contributed by atoms with Gasteiger partial charge in [-0.15, -0.1) is 0 Å². The van der Waals surface area contributed by atoms with E-state index in [1.165, 1.54) is 18.2 Å². The molecule has 1 aromatic heterocycles. The molecule has 2 heterocycles. The van der Waals surface area contributed by atoms with Crippen molar-refractivity contribution in [3.63, 3.8) is 0 Å². The van der Waals surface area contributed by atoms with E-state index in [2.05, 4.69) is 34.2 Å². The van der Waals surface area contributed by atoms with Gasteiger partial charge in [-0.05, 0) is 59.2 Å². The number of hydrogen-bond donors (Lipinski definition) is 1. The van der Waals surface area contributed by atoms with E-state index >= 15 is 0 Å². The van der Waals surface area contributed by atoms with Crippen molar-refractivity contribution in [1.82, 2.24) is 9.88 Å². The van der Waals surface area contributed by atoms with E-state index in [0.717, 1.165) is 54.5 Å². The van der Waals surface area contributed by atoms with Crippen LogP contribution in [-0.4, -0.2) is 36.1 Å². The van der Waals surface area contributed by atoms with Crippen LogP contribution in [0.15, 0.2) is 59.4 Å². The van der Waals surface area contributed by atoms with Gasteiger partial charge in [-0.2, -0.15) is 0 Å². The SMILES string of the molecule is CCc1cc2ccc(CN3CC=C(c4ccc(C(=O)OC)cc4)CC3)cc2[nH]c1=O. The third-order valence-electron chi connectivity index (χ3n) is 5.74. The fourth-order valence-corrected chi connectivity index (χ4v) is 3.97. The minimum atomic E-state index is -0.312. The fourth-order valence-electron chi connectivity index (χ4n) is 3.97. The van der Waals surface area contributed by atoms with Crippen LogP contribution in [0, 0.1) is 0 Å². The average molecular weight is 402 g/mol. The highest BCUT2D eigenvalue weighted by Crippen LogP contribution is 2.24. The second-order valence-electron chi connectivity index (χ2n) is 7.68. The molecule has 1 N–H and O–H groups in total. The largest absolute Gasteiger partial charge is 0.465 e. The second kappa shape index (κ2) is 8.67. The van der Waals surface area contributed by atoms with Crippen LogP contribution in [0.25, 0.3) is 16.5 Å². The number of fused-ring (bicyclic) bond motifs is 1. The van der Waals surface area contributed by atoms with Crippen molar-refractivity contribution < 1.29 is 9.53 Å². The number of esters is 1. The van der Waals surface area contributed by atoms with E-state index < -0.39 is 0 Å². The number of aromatic amines is 1. The third-order valence-corrected chi connectivity index (χ3v) is 5.74. The standard InChI is InChI=1S/C25H26N2O3/c1-3-18-15-22-5-4-17(14-23(22)26-24(18)28)16-27-12-10-20(11-13-27)19-6-8-21(9-7-19)25(29)30-2/h4-10,14-15H,3,11-13,16H2,1-2H3,(H,26,28). The Balaban J connectivity index is 1.44. The Bertz CT molecular complexity index is 1160. The number of carbonyl (C=O) groups excluding carboxylic acids is 1. The highest BCUT2D eigenvalue weighted by Gasteiger charge is 2.14. The summed E-state index contributed by atoms with van der Waals surface area (Å²) in [5.41, 5.74) is 5.94. The molecule has 5 heteroatoms. The number of H-pyrrole nitrogens is 1. The van der Waals surface area contributed by atoms with E-state index in [9.17, 15) is 9.59 Å². The molecule has 0 amide bonds. The summed E-state index contributed by atoms with van der Waals surface area (Å²) in [4.78, 5) is 29.1. The van der Waals surface area contributed by atoms with E-state index in [-0.39, 0.29) is 11.5 Å². The number of pyridine rings is 1. The molecule has 0 radical (unpaired) electrons. The highest BCUT2D eigenvalue weighted by molar-refractivity contribution is 5.89. The van der Waals surface area contributed by atoms with Crippen LogP contribution in [-0.2, 0) is 17.7 Å². The zero-order valence-corrected chi connectivity index (χ0v) is 17.4. The van der Waals surface area contributed by atoms with Crippen molar-refractivity contribution in [3.05, 3.63) is 87.2 Å². The number of aryl methyl sites for hydroxylation is 1. The summed E-state index contributed by atoms with van der Waals surface area (Å²) < 4.78 is 4.76. The lowest BCUT2D eigenvalue weighted by Gasteiger charge is -2.26. The molecule has 0 spiro atoms. The van der Waals surface area contributed by atoms with Gasteiger partial charge in [0, 0.05) is 30.7 Å². The number of benzene rings is 2. The number of carbonyl (C=O) groups is 1. The van der Waals surface area contributed by atoms with Crippen molar-refractivity contribution in [2.45, 2.75) is 26.3 Å². The van der Waals surface area contributed by atoms with Gasteiger partial charge in [0.2, 0.25) is 0 Å². The van der Waals surface area contributed by atoms with Crippen molar-refractivity contribution >= 4 is 22.4 Å². The van der Waals surface area contributed by atoms with Gasteiger partial charge < -0.3 is 9.72 Å². The molecule has 0 unspecified atom stereocenters. The molecule has 4 rings (SSSR count). The monoisotopic (exact) mass is 402 g/mol. The number of aromatic nitrogens is 1. The first kappa shape index (κ1) is 20.1. The van der Waals surface area contributed by atoms with Crippen LogP contribution in [0.2, 0.25) is 0 Å². The van der Waals surface area contributed by atoms with Gasteiger partial charge in [-0.25, -0.2) is 4.79 Å². The van der Waals surface area contributed by atoms with E-state index in [1.54, 1.807) is 0 Å². The minimum absolute atomic E-state index is 0.00548. The predicted molar refractivity (Wildman–Crippen MR) is 120 cm³/mol. The summed E-state index contributed by atoms with van der Waals surface area (Å²) in [6, 6.07) is 15.9. The van der Waals surface area contributed by atoms with Gasteiger partial charge >= 0.3 is 5.97 Å². The molecule has 0 saturated heterocycles. The Morgan fingerprint density at radius 1 is 1.13 bits per heavy atom. The quantitative estimate of drug-likeness (QED) is 0.651. The molecule has 0 atom stereocenters. The fraction of sp³-hybridized carbons (Fsp3) is 0.280. The summed E-state index contributed by atoms with van der Waals surface area (Å²) >= 11 is 0. The Labute approximate surface area is 176 Å². The van der Waals surface area contributed by atoms with Crippen LogP contribution in [0.5, 0.6) is 0 Å². The predicted octanol–water partition coefficient (Wildman–Crippen LogP) is 4.17. The lowest BCUT2D eigenvalue weighted by atomic mass is 9.98. The Morgan fingerprint density at radius 2 is 1.93 bits per heavy atom. The number of nitrogens with zero attached hydrogens (tertiary/aromatic N) is 1. The third kappa shape index (κ3) is 4.21. The molecule has 1 aliphatic heterocycles. The first-order chi connectivity index (χ1) is 14.6. The van der Waals surface area contributed by atoms with E-state index in [1.807, 2.05) is 37.3 Å². The molecular weight excluding hydrogens is 376 g/mol. The molecule has 0 aliphatic carbocycles. The maximum Gasteiger partial charge on any atom is 0.337 e. The summed E-state index contributed by atoms with van der Waals surface area (Å²) in [6.07, 6.45) is 3.95. The number of nitrogens with one attached hydrogen (secondary N) is 1. The maximum absolute atomic E-state index is 12.1. The topological polar surface area (TPSA) is 62.4 Å². The van der Waals surface area contributed by atoms with Gasteiger partial charge in [0.1, 0.15) is 0 Å². The summed E-state index contributed by atoms with van der Waals surface area (Å²) in [6.45, 7) is 4.68. The summed E-state index contributed by atoms with van der Waals surface area (Å²) in [5, 5.41) is 1.08. The molecule has 5 nitrogen and oxygen atoms in total. The molecule has 2 aromatic carbocycles. The molecule has 1 aliphatic rings. The van der Waals surface area contributed by atoms with E-state index in [0.29, 0.717) is 5.56 Å². The van der Waals surface area contributed by atoms with Gasteiger partial charge in [0.05, 0.1) is 12.7 Å². The molecule has 0 fully saturated rings. The second-order valence-corrected chi connectivity index (χ2v) is 7.68. The van der Waals surface area contributed by atoms with Gasteiger partial charge in [0.25, 0.3) is 5.56 Å². The zero-order chi connectivity index (χ0) is 21.1. The maximum atomic E-state index is 12.1. The van der Waals surface area contributed by atoms with Crippen molar-refractivity contribution in [2.75, 3.05) is 20.2 Å². The lowest BCUT2D eigenvalue weighted by molar-refractivity contribution is 0.0600. The molecule has 30 heavy (non-hydrogen) atoms. The number of ether oxygens (including phenoxy) is 1. The van der Waals surface area contributed by atoms with Crippen molar-refractivity contribution in [3.8, 4) is 0 Å². The Kier molecular flexibility index (Phi) is 5.81. The number of hydrogen-bond acceptors (Lipinski definition) is 4. The lowest BCUT2D eigenvalue weighted by Crippen LogP contribution is -2.28. The van der Waals surface area contributed by atoms with Crippen LogP contribution >= 0.6 is 0 Å². The number of rotatable bonds is 5. The smallest absolute Gasteiger partial charge is 0.337 e. The molecular formula is C25H26N2O3. The normalized spacial score (nSPS) is 14.5. The molecule has 3 aromatic rings. The zero-order valence-electron chi connectivity index (χ0n) is 17.4. The Morgan fingerprint density at radius 3 is 2.60 bits per heavy atom. The first-order valence-corrected chi connectivity index (χ1v) is 10.3. The van der Waals surface area contributed by atoms with Crippen LogP contribution < -0.4 is 5.56 Å². The van der Waals surface area contributed by atoms with Crippen LogP contribution in [0.3, 0.4) is 0 Å². The van der Waals surface area contributed by atoms with Crippen LogP contribution in [0.4, 0.5) is 0 Å². The van der Waals surface area contributed by atoms with Gasteiger partial charge in [0.15, 0.2) is 0 Å². The molecule has 0 bridgehead atoms. The van der Waals surface area contributed by atoms with Gasteiger partial charge in [-0.3, -0.25) is 9.69 Å². The minimum Gasteiger partial charge on any atom is -0.465 e. The van der Waals surface area contributed by atoms with E-state index in [4.69, 9.17) is 4.74 Å². The first-order valence-electron chi connectivity index (χ1n) is 10.3. The molecule has 0 saturated carbocycles. The van der Waals surface area contributed by atoms with Gasteiger partial charge in [-0.1, -0.05) is 37.3 Å². The highest BCUT2D eigenvalue weighted by atomic mass is 16.5.